The molecular weight excluding hydrogens is 262 g/mol. The zero-order valence-electron chi connectivity index (χ0n) is 11.6. The van der Waals surface area contributed by atoms with Crippen LogP contribution in [0.1, 0.15) is 23.2 Å². The minimum atomic E-state index is -1.07. The lowest BCUT2D eigenvalue weighted by atomic mass is 10.1. The number of ether oxygens (including phenoxy) is 2. The maximum Gasteiger partial charge on any atom is 0.326 e. The summed E-state index contributed by atoms with van der Waals surface area (Å²) < 4.78 is 9.95. The Morgan fingerprint density at radius 2 is 2.00 bits per heavy atom. The van der Waals surface area contributed by atoms with E-state index in [-0.39, 0.29) is 0 Å². The summed E-state index contributed by atoms with van der Waals surface area (Å²) in [5.41, 5.74) is 0.313. The fourth-order valence-corrected chi connectivity index (χ4v) is 1.76. The van der Waals surface area contributed by atoms with E-state index in [1.54, 1.807) is 31.4 Å². The number of nitrogens with one attached hydrogen (secondary N) is 1. The normalized spacial score (nSPS) is 11.7. The van der Waals surface area contributed by atoms with E-state index < -0.39 is 17.9 Å². The summed E-state index contributed by atoms with van der Waals surface area (Å²) >= 11 is 0. The van der Waals surface area contributed by atoms with Gasteiger partial charge in [-0.15, -0.1) is 0 Å². The summed E-state index contributed by atoms with van der Waals surface area (Å²) in [4.78, 5) is 23.2. The van der Waals surface area contributed by atoms with E-state index in [9.17, 15) is 9.59 Å². The van der Waals surface area contributed by atoms with Crippen LogP contribution in [-0.4, -0.2) is 43.9 Å². The molecule has 0 fully saturated rings. The Hall–Kier alpha value is -2.08. The molecule has 0 bridgehead atoms. The van der Waals surface area contributed by atoms with Crippen molar-refractivity contribution in [1.82, 2.24) is 5.32 Å². The van der Waals surface area contributed by atoms with Crippen LogP contribution in [0.2, 0.25) is 0 Å². The lowest BCUT2D eigenvalue weighted by molar-refractivity contribution is -0.139. The summed E-state index contributed by atoms with van der Waals surface area (Å²) in [6.07, 6.45) is 0.865. The molecule has 0 saturated carbocycles. The predicted octanol–water partition coefficient (Wildman–Crippen LogP) is 1.30. The number of hydrogen-bond acceptors (Lipinski definition) is 4. The molecule has 0 aliphatic heterocycles. The van der Waals surface area contributed by atoms with Crippen LogP contribution in [0.15, 0.2) is 24.3 Å². The van der Waals surface area contributed by atoms with Gasteiger partial charge in [-0.25, -0.2) is 4.79 Å². The predicted molar refractivity (Wildman–Crippen MR) is 73.0 cm³/mol. The molecule has 0 aromatic heterocycles. The van der Waals surface area contributed by atoms with Gasteiger partial charge in [0.2, 0.25) is 0 Å². The zero-order chi connectivity index (χ0) is 15.0. The van der Waals surface area contributed by atoms with Gasteiger partial charge in [0.1, 0.15) is 11.8 Å². The second-order valence-corrected chi connectivity index (χ2v) is 4.20. The first-order chi connectivity index (χ1) is 9.60. The summed E-state index contributed by atoms with van der Waals surface area (Å²) in [7, 11) is 3.00. The van der Waals surface area contributed by atoms with Crippen molar-refractivity contribution in [3.05, 3.63) is 29.8 Å². The third kappa shape index (κ3) is 4.55. The van der Waals surface area contributed by atoms with E-state index in [0.717, 1.165) is 0 Å². The fraction of sp³-hybridized carbons (Fsp3) is 0.429. The minimum Gasteiger partial charge on any atom is -0.496 e. The number of aliphatic carboxylic acids is 1. The van der Waals surface area contributed by atoms with Crippen molar-refractivity contribution in [2.45, 2.75) is 18.9 Å². The van der Waals surface area contributed by atoms with Gasteiger partial charge in [-0.05, 0) is 25.0 Å². The molecule has 2 N–H and O–H groups in total. The molecule has 1 rings (SSSR count). The van der Waals surface area contributed by atoms with Crippen LogP contribution in [0, 0.1) is 0 Å². The summed E-state index contributed by atoms with van der Waals surface area (Å²) in [5.74, 6) is -1.12. The average molecular weight is 281 g/mol. The Balaban J connectivity index is 2.72. The zero-order valence-corrected chi connectivity index (χ0v) is 11.6. The quantitative estimate of drug-likeness (QED) is 0.702. The van der Waals surface area contributed by atoms with Gasteiger partial charge in [0.25, 0.3) is 5.91 Å². The van der Waals surface area contributed by atoms with Gasteiger partial charge in [-0.1, -0.05) is 12.1 Å². The maximum absolute atomic E-state index is 12.1. The van der Waals surface area contributed by atoms with Crippen LogP contribution < -0.4 is 10.1 Å². The first kappa shape index (κ1) is 16.0. The SMILES string of the molecule is COCCCC(NC(=O)c1ccccc1OC)C(=O)O. The third-order valence-corrected chi connectivity index (χ3v) is 2.80. The highest BCUT2D eigenvalue weighted by Gasteiger charge is 2.21. The van der Waals surface area contributed by atoms with Crippen LogP contribution >= 0.6 is 0 Å². The van der Waals surface area contributed by atoms with E-state index in [0.29, 0.717) is 30.8 Å². The molecule has 6 nitrogen and oxygen atoms in total. The van der Waals surface area contributed by atoms with Crippen molar-refractivity contribution in [2.75, 3.05) is 20.8 Å². The van der Waals surface area contributed by atoms with Crippen molar-refractivity contribution < 1.29 is 24.2 Å². The van der Waals surface area contributed by atoms with Crippen molar-refractivity contribution >= 4 is 11.9 Å². The number of carbonyl (C=O) groups is 2. The van der Waals surface area contributed by atoms with Crippen LogP contribution in [0.5, 0.6) is 5.75 Å². The van der Waals surface area contributed by atoms with Crippen molar-refractivity contribution in [3.8, 4) is 5.75 Å². The smallest absolute Gasteiger partial charge is 0.326 e. The van der Waals surface area contributed by atoms with E-state index >= 15 is 0 Å². The first-order valence-electron chi connectivity index (χ1n) is 6.25. The lowest BCUT2D eigenvalue weighted by Gasteiger charge is -2.15. The standard InChI is InChI=1S/C14H19NO5/c1-19-9-5-7-11(14(17)18)15-13(16)10-6-3-4-8-12(10)20-2/h3-4,6,8,11H,5,7,9H2,1-2H3,(H,15,16)(H,17,18). The molecule has 0 aliphatic carbocycles. The molecule has 1 atom stereocenters. The molecule has 110 valence electrons. The molecule has 6 heteroatoms. The highest BCUT2D eigenvalue weighted by molar-refractivity contribution is 5.98. The number of amides is 1. The Kier molecular flexibility index (Phi) is 6.52. The molecule has 0 saturated heterocycles. The van der Waals surface area contributed by atoms with Gasteiger partial charge in [0.15, 0.2) is 0 Å². The molecule has 0 spiro atoms. The molecule has 1 aromatic carbocycles. The minimum absolute atomic E-state index is 0.310. The van der Waals surface area contributed by atoms with Gasteiger partial charge in [0, 0.05) is 13.7 Å². The fourth-order valence-electron chi connectivity index (χ4n) is 1.76. The number of methoxy groups -OCH3 is 2. The van der Waals surface area contributed by atoms with E-state index in [2.05, 4.69) is 5.32 Å². The molecule has 20 heavy (non-hydrogen) atoms. The molecule has 0 heterocycles. The lowest BCUT2D eigenvalue weighted by Crippen LogP contribution is -2.41. The Morgan fingerprint density at radius 1 is 1.30 bits per heavy atom. The molecule has 0 radical (unpaired) electrons. The van der Waals surface area contributed by atoms with Crippen molar-refractivity contribution in [3.63, 3.8) is 0 Å². The topological polar surface area (TPSA) is 84.9 Å². The van der Waals surface area contributed by atoms with Gasteiger partial charge in [0.05, 0.1) is 12.7 Å². The van der Waals surface area contributed by atoms with Gasteiger partial charge in [-0.3, -0.25) is 4.79 Å². The second-order valence-electron chi connectivity index (χ2n) is 4.20. The van der Waals surface area contributed by atoms with Crippen molar-refractivity contribution in [1.29, 1.82) is 0 Å². The Labute approximate surface area is 117 Å². The van der Waals surface area contributed by atoms with Crippen molar-refractivity contribution in [2.24, 2.45) is 0 Å². The molecule has 1 aromatic rings. The third-order valence-electron chi connectivity index (χ3n) is 2.80. The van der Waals surface area contributed by atoms with Gasteiger partial charge in [-0.2, -0.15) is 0 Å². The number of rotatable bonds is 8. The first-order valence-corrected chi connectivity index (χ1v) is 6.25. The van der Waals surface area contributed by atoms with Crippen LogP contribution in [0.25, 0.3) is 0 Å². The van der Waals surface area contributed by atoms with Gasteiger partial charge >= 0.3 is 5.97 Å². The Morgan fingerprint density at radius 3 is 2.60 bits per heavy atom. The van der Waals surface area contributed by atoms with E-state index in [1.807, 2.05) is 0 Å². The highest BCUT2D eigenvalue weighted by atomic mass is 16.5. The van der Waals surface area contributed by atoms with Crippen LogP contribution in [-0.2, 0) is 9.53 Å². The Bertz CT molecular complexity index is 461. The van der Waals surface area contributed by atoms with Gasteiger partial charge < -0.3 is 19.9 Å². The number of carbonyl (C=O) groups excluding carboxylic acids is 1. The second kappa shape index (κ2) is 8.16. The van der Waals surface area contributed by atoms with E-state index in [4.69, 9.17) is 14.6 Å². The molecule has 1 unspecified atom stereocenters. The maximum atomic E-state index is 12.1. The highest BCUT2D eigenvalue weighted by Crippen LogP contribution is 2.17. The largest absolute Gasteiger partial charge is 0.496 e. The summed E-state index contributed by atoms with van der Waals surface area (Å²) in [6.45, 7) is 0.453. The number of benzene rings is 1. The number of carboxylic acids is 1. The molecule has 1 amide bonds. The van der Waals surface area contributed by atoms with Crippen LogP contribution in [0.3, 0.4) is 0 Å². The number of para-hydroxylation sites is 1. The number of carboxylic acid groups (broad SMARTS) is 1. The van der Waals surface area contributed by atoms with Crippen LogP contribution in [0.4, 0.5) is 0 Å². The summed E-state index contributed by atoms with van der Waals surface area (Å²) in [6, 6.07) is 5.72. The molecular formula is C14H19NO5. The number of hydrogen-bond donors (Lipinski definition) is 2. The average Bonchev–Trinajstić information content (AvgIpc) is 2.46. The molecule has 0 aliphatic rings. The summed E-state index contributed by atoms with van der Waals surface area (Å²) in [5, 5.41) is 11.6. The monoisotopic (exact) mass is 281 g/mol. The van der Waals surface area contributed by atoms with E-state index in [1.165, 1.54) is 7.11 Å².